The summed E-state index contributed by atoms with van der Waals surface area (Å²) >= 11 is 0. The van der Waals surface area contributed by atoms with Gasteiger partial charge in [-0.05, 0) is 25.7 Å². The second-order valence-corrected chi connectivity index (χ2v) is 5.13. The van der Waals surface area contributed by atoms with Gasteiger partial charge in [0.05, 0.1) is 0 Å². The van der Waals surface area contributed by atoms with Crippen LogP contribution in [-0.4, -0.2) is 49.9 Å². The molecule has 0 saturated heterocycles. The number of aliphatic hydroxyl groups excluding tert-OH is 2. The van der Waals surface area contributed by atoms with Crippen LogP contribution >= 0.6 is 7.82 Å². The summed E-state index contributed by atoms with van der Waals surface area (Å²) < 4.78 is 8.88. The highest BCUT2D eigenvalue weighted by Gasteiger charge is 2.00. The average Bonchev–Trinajstić information content (AvgIpc) is 2.40. The maximum atomic E-state index is 10.2. The van der Waals surface area contributed by atoms with Gasteiger partial charge in [0.25, 0.3) is 0 Å². The number of hydrogen-bond donors (Lipinski definition) is 7. The minimum Gasteiger partial charge on any atom is -0.396 e. The summed E-state index contributed by atoms with van der Waals surface area (Å²) in [5.41, 5.74) is 10.5. The van der Waals surface area contributed by atoms with Crippen molar-refractivity contribution in [3.05, 3.63) is 24.3 Å². The number of carbonyl (C=O) groups is 2. The maximum Gasteiger partial charge on any atom is 0.466 e. The van der Waals surface area contributed by atoms with Crippen LogP contribution < -0.4 is 11.5 Å². The van der Waals surface area contributed by atoms with E-state index in [1.165, 1.54) is 0 Å². The topological polar surface area (TPSA) is 204 Å². The van der Waals surface area contributed by atoms with E-state index in [4.69, 9.17) is 40.9 Å². The van der Waals surface area contributed by atoms with Gasteiger partial charge in [0.15, 0.2) is 0 Å². The predicted molar refractivity (Wildman–Crippen MR) is 83.6 cm³/mol. The first-order valence-electron chi connectivity index (χ1n) is 6.31. The van der Waals surface area contributed by atoms with Gasteiger partial charge in [-0.3, -0.25) is 9.59 Å². The van der Waals surface area contributed by atoms with Gasteiger partial charge in [-0.1, -0.05) is 13.2 Å². The van der Waals surface area contributed by atoms with E-state index in [0.29, 0.717) is 36.8 Å². The average molecular weight is 356 g/mol. The van der Waals surface area contributed by atoms with Crippen molar-refractivity contribution in [3.63, 3.8) is 0 Å². The van der Waals surface area contributed by atoms with Gasteiger partial charge in [0.2, 0.25) is 11.8 Å². The lowest BCUT2D eigenvalue weighted by molar-refractivity contribution is -0.115. The van der Waals surface area contributed by atoms with Gasteiger partial charge in [-0.2, -0.15) is 0 Å². The molecule has 0 heterocycles. The van der Waals surface area contributed by atoms with Crippen LogP contribution in [0.4, 0.5) is 0 Å². The Labute approximate surface area is 134 Å². The molecule has 11 heteroatoms. The first-order valence-corrected chi connectivity index (χ1v) is 7.88. The molecule has 136 valence electrons. The van der Waals surface area contributed by atoms with Crippen molar-refractivity contribution in [1.29, 1.82) is 0 Å². The number of rotatable bonds is 8. The normalized spacial score (nSPS) is 9.61. The first kappa shape index (κ1) is 26.4. The highest BCUT2D eigenvalue weighted by Crippen LogP contribution is 2.25. The molecule has 0 fully saturated rings. The molecule has 0 aliphatic rings. The van der Waals surface area contributed by atoms with Crippen molar-refractivity contribution in [2.45, 2.75) is 25.7 Å². The summed E-state index contributed by atoms with van der Waals surface area (Å²) in [7, 11) is -4.64. The van der Waals surface area contributed by atoms with E-state index >= 15 is 0 Å². The smallest absolute Gasteiger partial charge is 0.396 e. The van der Waals surface area contributed by atoms with E-state index in [-0.39, 0.29) is 13.2 Å². The third kappa shape index (κ3) is 33.3. The van der Waals surface area contributed by atoms with Crippen molar-refractivity contribution in [3.8, 4) is 0 Å². The lowest BCUT2D eigenvalue weighted by atomic mass is 10.2. The van der Waals surface area contributed by atoms with Crippen molar-refractivity contribution >= 4 is 19.6 Å². The SMILES string of the molecule is C=C(CCCO)C(N)=O.C=C(CCCO)C(N)=O.O=P(O)(O)O. The van der Waals surface area contributed by atoms with Crippen molar-refractivity contribution in [2.75, 3.05) is 13.2 Å². The van der Waals surface area contributed by atoms with E-state index < -0.39 is 19.6 Å². The van der Waals surface area contributed by atoms with Gasteiger partial charge in [0.1, 0.15) is 0 Å². The number of aliphatic hydroxyl groups is 2. The van der Waals surface area contributed by atoms with E-state index in [9.17, 15) is 9.59 Å². The zero-order chi connectivity index (χ0) is 19.1. The van der Waals surface area contributed by atoms with Gasteiger partial charge < -0.3 is 36.4 Å². The van der Waals surface area contributed by atoms with E-state index in [0.717, 1.165) is 0 Å². The number of nitrogens with two attached hydrogens (primary N) is 2. The van der Waals surface area contributed by atoms with Crippen LogP contribution in [0.1, 0.15) is 25.7 Å². The molecule has 10 nitrogen and oxygen atoms in total. The molecule has 9 N–H and O–H groups in total. The second kappa shape index (κ2) is 15.3. The molecule has 23 heavy (non-hydrogen) atoms. The van der Waals surface area contributed by atoms with Crippen LogP contribution in [0.2, 0.25) is 0 Å². The fraction of sp³-hybridized carbons (Fsp3) is 0.500. The van der Waals surface area contributed by atoms with Gasteiger partial charge in [-0.15, -0.1) is 0 Å². The van der Waals surface area contributed by atoms with Crippen LogP contribution in [0.5, 0.6) is 0 Å². The Kier molecular flexibility index (Phi) is 17.6. The minimum atomic E-state index is -4.64. The molecule has 0 aromatic rings. The summed E-state index contributed by atoms with van der Waals surface area (Å²) in [4.78, 5) is 42.1. The molecular formula is C12H25N2O8P. The maximum absolute atomic E-state index is 10.2. The zero-order valence-corrected chi connectivity index (χ0v) is 13.6. The minimum absolute atomic E-state index is 0.0757. The van der Waals surface area contributed by atoms with Crippen LogP contribution in [0, 0.1) is 0 Å². The monoisotopic (exact) mass is 356 g/mol. The van der Waals surface area contributed by atoms with Gasteiger partial charge >= 0.3 is 7.82 Å². The number of carbonyl (C=O) groups excluding carboxylic acids is 2. The summed E-state index contributed by atoms with van der Waals surface area (Å²) in [6, 6.07) is 0. The van der Waals surface area contributed by atoms with Crippen LogP contribution in [0.3, 0.4) is 0 Å². The summed E-state index contributed by atoms with van der Waals surface area (Å²) in [6.07, 6.45) is 2.10. The Morgan fingerprint density at radius 2 is 1.04 bits per heavy atom. The Hall–Kier alpha value is -1.55. The van der Waals surface area contributed by atoms with Crippen LogP contribution in [-0.2, 0) is 14.2 Å². The molecule has 0 unspecified atom stereocenters. The number of phosphoric acid groups is 1. The lowest BCUT2D eigenvalue weighted by Gasteiger charge is -1.95. The third-order valence-electron chi connectivity index (χ3n) is 1.97. The summed E-state index contributed by atoms with van der Waals surface area (Å²) in [5.74, 6) is -0.966. The molecule has 0 atom stereocenters. The number of hydrogen-bond acceptors (Lipinski definition) is 5. The molecule has 0 radical (unpaired) electrons. The summed E-state index contributed by atoms with van der Waals surface area (Å²) in [6.45, 7) is 6.96. The molecule has 0 aromatic carbocycles. The highest BCUT2D eigenvalue weighted by molar-refractivity contribution is 7.45. The van der Waals surface area contributed by atoms with Gasteiger partial charge in [0, 0.05) is 24.4 Å². The van der Waals surface area contributed by atoms with Crippen molar-refractivity contribution in [2.24, 2.45) is 11.5 Å². The van der Waals surface area contributed by atoms with Gasteiger partial charge in [-0.25, -0.2) is 4.57 Å². The molecule has 0 aliphatic carbocycles. The zero-order valence-electron chi connectivity index (χ0n) is 12.7. The first-order chi connectivity index (χ1) is 10.4. The Balaban J connectivity index is -0.000000273. The molecule has 0 bridgehead atoms. The molecule has 2 amide bonds. The standard InChI is InChI=1S/2C6H11NO2.H3O4P/c2*1-5(6(7)9)3-2-4-8;1-5(2,3)4/h2*8H,1-4H2,(H2,7,9);(H3,1,2,3,4). The predicted octanol–water partition coefficient (Wildman–Crippen LogP) is -1.33. The van der Waals surface area contributed by atoms with E-state index in [1.54, 1.807) is 0 Å². The number of primary amides is 2. The lowest BCUT2D eigenvalue weighted by Crippen LogP contribution is -2.13. The molecule has 0 aromatic heterocycles. The molecule has 0 rings (SSSR count). The Morgan fingerprint density at radius 1 is 0.826 bits per heavy atom. The highest BCUT2D eigenvalue weighted by atomic mass is 31.2. The molecule has 0 spiro atoms. The third-order valence-corrected chi connectivity index (χ3v) is 1.97. The Bertz CT molecular complexity index is 395. The van der Waals surface area contributed by atoms with E-state index in [2.05, 4.69) is 13.2 Å². The van der Waals surface area contributed by atoms with Crippen molar-refractivity contribution in [1.82, 2.24) is 0 Å². The fourth-order valence-electron chi connectivity index (χ4n) is 0.831. The molecule has 0 saturated carbocycles. The van der Waals surface area contributed by atoms with Crippen LogP contribution in [0.15, 0.2) is 24.3 Å². The number of amides is 2. The second-order valence-electron chi connectivity index (χ2n) is 4.10. The molecule has 0 aliphatic heterocycles. The quantitative estimate of drug-likeness (QED) is 0.204. The largest absolute Gasteiger partial charge is 0.466 e. The fourth-order valence-corrected chi connectivity index (χ4v) is 0.831. The van der Waals surface area contributed by atoms with Crippen LogP contribution in [0.25, 0.3) is 0 Å². The Morgan fingerprint density at radius 3 is 1.17 bits per heavy atom. The molecular weight excluding hydrogens is 331 g/mol. The van der Waals surface area contributed by atoms with Crippen molar-refractivity contribution < 1.29 is 39.0 Å². The van der Waals surface area contributed by atoms with E-state index in [1.807, 2.05) is 0 Å². The summed E-state index contributed by atoms with van der Waals surface area (Å²) in [5, 5.41) is 16.6.